The van der Waals surface area contributed by atoms with Gasteiger partial charge in [0.2, 0.25) is 0 Å². The van der Waals surface area contributed by atoms with Crippen molar-refractivity contribution < 1.29 is 0 Å². The molecule has 2 heterocycles. The molecule has 3 heteroatoms. The number of fused-ring (bicyclic) bond motifs is 2. The fourth-order valence-corrected chi connectivity index (χ4v) is 3.67. The third-order valence-electron chi connectivity index (χ3n) is 4.77. The number of unbranched alkanes of at least 4 members (excludes halogenated alkanes) is 2. The molecule has 1 fully saturated rings. The molecule has 2 aliphatic rings. The van der Waals surface area contributed by atoms with Crippen molar-refractivity contribution >= 4 is 5.69 Å². The van der Waals surface area contributed by atoms with E-state index >= 15 is 0 Å². The van der Waals surface area contributed by atoms with Crippen LogP contribution in [0.3, 0.4) is 0 Å². The first-order chi connectivity index (χ1) is 9.88. The van der Waals surface area contributed by atoms with Gasteiger partial charge in [-0.25, -0.2) is 0 Å². The van der Waals surface area contributed by atoms with Gasteiger partial charge in [-0.15, -0.1) is 0 Å². The lowest BCUT2D eigenvalue weighted by Gasteiger charge is -2.28. The monoisotopic (exact) mass is 273 g/mol. The van der Waals surface area contributed by atoms with Gasteiger partial charge in [0, 0.05) is 31.4 Å². The molecule has 0 saturated carbocycles. The smallest absolute Gasteiger partial charge is 0.0412 e. The maximum absolute atomic E-state index is 5.60. The SMILES string of the molecule is NCCCCCN1CC2CCCN2Cc2ccccc21. The minimum absolute atomic E-state index is 0.761. The lowest BCUT2D eigenvalue weighted by molar-refractivity contribution is 0.254. The highest BCUT2D eigenvalue weighted by atomic mass is 15.3. The zero-order chi connectivity index (χ0) is 13.8. The summed E-state index contributed by atoms with van der Waals surface area (Å²) in [5.41, 5.74) is 8.58. The normalized spacial score (nSPS) is 22.4. The summed E-state index contributed by atoms with van der Waals surface area (Å²) in [6.07, 6.45) is 6.41. The second kappa shape index (κ2) is 6.59. The molecule has 1 saturated heterocycles. The first kappa shape index (κ1) is 13.9. The Morgan fingerprint density at radius 1 is 1.15 bits per heavy atom. The molecule has 20 heavy (non-hydrogen) atoms. The first-order valence-corrected chi connectivity index (χ1v) is 8.15. The van der Waals surface area contributed by atoms with Crippen LogP contribution < -0.4 is 10.6 Å². The van der Waals surface area contributed by atoms with E-state index in [-0.39, 0.29) is 0 Å². The van der Waals surface area contributed by atoms with E-state index in [4.69, 9.17) is 5.73 Å². The van der Waals surface area contributed by atoms with Crippen LogP contribution in [-0.4, -0.2) is 37.1 Å². The molecule has 1 aromatic carbocycles. The highest BCUT2D eigenvalue weighted by molar-refractivity contribution is 5.54. The molecule has 0 aliphatic carbocycles. The molecule has 2 aliphatic heterocycles. The molecule has 1 unspecified atom stereocenters. The number of nitrogens with two attached hydrogens (primary N) is 1. The van der Waals surface area contributed by atoms with Crippen molar-refractivity contribution in [2.24, 2.45) is 5.73 Å². The summed E-state index contributed by atoms with van der Waals surface area (Å²) in [6, 6.07) is 9.74. The van der Waals surface area contributed by atoms with Crippen LogP contribution in [0, 0.1) is 0 Å². The summed E-state index contributed by atoms with van der Waals surface area (Å²) < 4.78 is 0. The van der Waals surface area contributed by atoms with Gasteiger partial charge in [-0.1, -0.05) is 24.6 Å². The fourth-order valence-electron chi connectivity index (χ4n) is 3.67. The molecule has 3 rings (SSSR count). The van der Waals surface area contributed by atoms with E-state index in [0.717, 1.165) is 25.6 Å². The number of anilines is 1. The summed E-state index contributed by atoms with van der Waals surface area (Å²) in [4.78, 5) is 5.31. The largest absolute Gasteiger partial charge is 0.370 e. The van der Waals surface area contributed by atoms with Crippen molar-refractivity contribution in [1.82, 2.24) is 4.90 Å². The molecule has 3 nitrogen and oxygen atoms in total. The molecule has 0 bridgehead atoms. The Balaban J connectivity index is 1.73. The molecule has 0 spiro atoms. The molecule has 110 valence electrons. The highest BCUT2D eigenvalue weighted by Gasteiger charge is 2.30. The Hall–Kier alpha value is -1.06. The third kappa shape index (κ3) is 2.99. The van der Waals surface area contributed by atoms with Gasteiger partial charge in [0.25, 0.3) is 0 Å². The number of nitrogens with zero attached hydrogens (tertiary/aromatic N) is 2. The van der Waals surface area contributed by atoms with Crippen LogP contribution in [0.25, 0.3) is 0 Å². The van der Waals surface area contributed by atoms with E-state index in [2.05, 4.69) is 34.1 Å². The zero-order valence-corrected chi connectivity index (χ0v) is 12.4. The van der Waals surface area contributed by atoms with Crippen LogP contribution in [0.2, 0.25) is 0 Å². The van der Waals surface area contributed by atoms with E-state index in [1.54, 1.807) is 0 Å². The first-order valence-electron chi connectivity index (χ1n) is 8.15. The van der Waals surface area contributed by atoms with Crippen LogP contribution >= 0.6 is 0 Å². The van der Waals surface area contributed by atoms with Crippen molar-refractivity contribution in [2.45, 2.75) is 44.7 Å². The standard InChI is InChI=1S/C17H27N3/c18-10-4-1-5-11-20-14-16-8-6-12-19(16)13-15-7-2-3-9-17(15)20/h2-3,7,9,16H,1,4-6,8,10-14,18H2. The van der Waals surface area contributed by atoms with Crippen molar-refractivity contribution in [3.05, 3.63) is 29.8 Å². The summed E-state index contributed by atoms with van der Waals surface area (Å²) >= 11 is 0. The van der Waals surface area contributed by atoms with Gasteiger partial charge in [-0.3, -0.25) is 4.90 Å². The Morgan fingerprint density at radius 3 is 2.95 bits per heavy atom. The van der Waals surface area contributed by atoms with Crippen LogP contribution in [0.4, 0.5) is 5.69 Å². The fraction of sp³-hybridized carbons (Fsp3) is 0.647. The lowest BCUT2D eigenvalue weighted by Crippen LogP contribution is -2.37. The molecule has 2 N–H and O–H groups in total. The van der Waals surface area contributed by atoms with Gasteiger partial charge in [-0.05, 0) is 50.4 Å². The van der Waals surface area contributed by atoms with Crippen LogP contribution in [-0.2, 0) is 6.54 Å². The van der Waals surface area contributed by atoms with E-state index in [9.17, 15) is 0 Å². The molecule has 0 amide bonds. The van der Waals surface area contributed by atoms with Crippen molar-refractivity contribution in [2.75, 3.05) is 31.1 Å². The Morgan fingerprint density at radius 2 is 2.05 bits per heavy atom. The summed E-state index contributed by atoms with van der Waals surface area (Å²) in [5, 5.41) is 0. The average molecular weight is 273 g/mol. The van der Waals surface area contributed by atoms with Gasteiger partial charge in [0.15, 0.2) is 0 Å². The zero-order valence-electron chi connectivity index (χ0n) is 12.4. The minimum Gasteiger partial charge on any atom is -0.370 e. The van der Waals surface area contributed by atoms with E-state index in [1.807, 2.05) is 0 Å². The van der Waals surface area contributed by atoms with Gasteiger partial charge in [-0.2, -0.15) is 0 Å². The van der Waals surface area contributed by atoms with Gasteiger partial charge in [0.1, 0.15) is 0 Å². The number of rotatable bonds is 5. The van der Waals surface area contributed by atoms with Gasteiger partial charge < -0.3 is 10.6 Å². The lowest BCUT2D eigenvalue weighted by atomic mass is 10.1. The molecule has 1 aromatic rings. The second-order valence-electron chi connectivity index (χ2n) is 6.19. The van der Waals surface area contributed by atoms with E-state index in [0.29, 0.717) is 0 Å². The molecular weight excluding hydrogens is 246 g/mol. The summed E-state index contributed by atoms with van der Waals surface area (Å²) in [6.45, 7) is 5.63. The minimum atomic E-state index is 0.761. The van der Waals surface area contributed by atoms with E-state index in [1.165, 1.54) is 56.6 Å². The predicted octanol–water partition coefficient (Wildman–Crippen LogP) is 2.60. The number of hydrogen-bond donors (Lipinski definition) is 1. The summed E-state index contributed by atoms with van der Waals surface area (Å²) in [7, 11) is 0. The van der Waals surface area contributed by atoms with Crippen LogP contribution in [0.1, 0.15) is 37.7 Å². The topological polar surface area (TPSA) is 32.5 Å². The quantitative estimate of drug-likeness (QED) is 0.837. The number of benzene rings is 1. The van der Waals surface area contributed by atoms with Gasteiger partial charge in [0.05, 0.1) is 0 Å². The van der Waals surface area contributed by atoms with Crippen molar-refractivity contribution in [3.63, 3.8) is 0 Å². The average Bonchev–Trinajstić information content (AvgIpc) is 2.84. The maximum atomic E-state index is 5.60. The summed E-state index contributed by atoms with van der Waals surface area (Å²) in [5.74, 6) is 0. The van der Waals surface area contributed by atoms with Gasteiger partial charge >= 0.3 is 0 Å². The number of para-hydroxylation sites is 1. The number of hydrogen-bond acceptors (Lipinski definition) is 3. The molecule has 0 aromatic heterocycles. The highest BCUT2D eigenvalue weighted by Crippen LogP contribution is 2.31. The molecule has 0 radical (unpaired) electrons. The Kier molecular flexibility index (Phi) is 4.58. The van der Waals surface area contributed by atoms with Crippen molar-refractivity contribution in [1.29, 1.82) is 0 Å². The van der Waals surface area contributed by atoms with E-state index < -0.39 is 0 Å². The van der Waals surface area contributed by atoms with Crippen LogP contribution in [0.15, 0.2) is 24.3 Å². The third-order valence-corrected chi connectivity index (χ3v) is 4.77. The Bertz CT molecular complexity index is 432. The predicted molar refractivity (Wildman–Crippen MR) is 85.0 cm³/mol. The molecule has 1 atom stereocenters. The Labute approximate surface area is 122 Å². The maximum Gasteiger partial charge on any atom is 0.0412 e. The van der Waals surface area contributed by atoms with Crippen molar-refractivity contribution in [3.8, 4) is 0 Å². The van der Waals surface area contributed by atoms with Crippen LogP contribution in [0.5, 0.6) is 0 Å². The second-order valence-corrected chi connectivity index (χ2v) is 6.19. The molecular formula is C17H27N3.